The van der Waals surface area contributed by atoms with Crippen LogP contribution in [0.4, 0.5) is 0 Å². The van der Waals surface area contributed by atoms with Crippen molar-refractivity contribution in [1.29, 1.82) is 21.0 Å². The Labute approximate surface area is 186 Å². The highest BCUT2D eigenvalue weighted by Gasteiger charge is 2.32. The van der Waals surface area contributed by atoms with E-state index in [-0.39, 0.29) is 0 Å². The maximum atomic E-state index is 9.82. The Bertz CT molecular complexity index is 1040. The highest BCUT2D eigenvalue weighted by Crippen LogP contribution is 2.56. The first kappa shape index (κ1) is 21.8. The third-order valence-corrected chi connectivity index (χ3v) is 8.36. The summed E-state index contributed by atoms with van der Waals surface area (Å²) in [6.45, 7) is 8.01. The van der Waals surface area contributed by atoms with Gasteiger partial charge in [0, 0.05) is 19.6 Å². The van der Waals surface area contributed by atoms with Gasteiger partial charge in [-0.3, -0.25) is 0 Å². The zero-order chi connectivity index (χ0) is 22.0. The average Bonchev–Trinajstić information content (AvgIpc) is 2.79. The predicted octanol–water partition coefficient (Wildman–Crippen LogP) is 6.04. The van der Waals surface area contributed by atoms with Crippen LogP contribution in [-0.4, -0.2) is 0 Å². The molecule has 2 aromatic rings. The summed E-state index contributed by atoms with van der Waals surface area (Å²) in [4.78, 5) is 4.08. The van der Waals surface area contributed by atoms with Gasteiger partial charge < -0.3 is 0 Å². The molecule has 0 unspecified atom stereocenters. The van der Waals surface area contributed by atoms with Gasteiger partial charge in [0.1, 0.15) is 24.3 Å². The van der Waals surface area contributed by atoms with Crippen LogP contribution in [0.5, 0.6) is 0 Å². The second-order valence-electron chi connectivity index (χ2n) is 6.80. The molecule has 1 heterocycles. The summed E-state index contributed by atoms with van der Waals surface area (Å²) in [6, 6.07) is 9.07. The van der Waals surface area contributed by atoms with Gasteiger partial charge >= 0.3 is 0 Å². The molecule has 0 fully saturated rings. The number of fused-ring (bicyclic) bond motifs is 2. The average molecular weight is 429 g/mol. The number of hydrogen-bond acceptors (Lipinski definition) is 6. The van der Waals surface area contributed by atoms with E-state index in [0.29, 0.717) is 47.9 Å². The van der Waals surface area contributed by atoms with E-state index in [1.807, 2.05) is 27.7 Å². The molecule has 148 valence electrons. The molecule has 30 heavy (non-hydrogen) atoms. The highest BCUT2D eigenvalue weighted by molar-refractivity contribution is 8.05. The van der Waals surface area contributed by atoms with E-state index < -0.39 is 0 Å². The fraction of sp³-hybridized carbons (Fsp3) is 0.333. The van der Waals surface area contributed by atoms with Gasteiger partial charge in [0.05, 0.1) is 22.3 Å². The van der Waals surface area contributed by atoms with Crippen molar-refractivity contribution in [2.75, 3.05) is 0 Å². The van der Waals surface area contributed by atoms with Gasteiger partial charge in [0.25, 0.3) is 0 Å². The molecule has 0 saturated carbocycles. The number of hydrogen-bond donors (Lipinski definition) is 0. The standard InChI is InChI=1S/C24H20N4S2/c1-5-13-17(9-25)18(10-26)14(6-2)22-21(13)29-23-15(7-3)19(11-27)20(12-28)16(8-4)24(23)30-22/h5-8H2,1-4H3. The molecule has 2 aromatic carbocycles. The van der Waals surface area contributed by atoms with Crippen LogP contribution >= 0.6 is 23.5 Å². The Morgan fingerprint density at radius 3 is 0.800 bits per heavy atom. The molecule has 0 aliphatic carbocycles. The van der Waals surface area contributed by atoms with Gasteiger partial charge in [-0.1, -0.05) is 51.2 Å². The van der Waals surface area contributed by atoms with E-state index in [1.54, 1.807) is 23.5 Å². The molecule has 0 saturated heterocycles. The zero-order valence-electron chi connectivity index (χ0n) is 17.4. The van der Waals surface area contributed by atoms with Crippen molar-refractivity contribution in [3.63, 3.8) is 0 Å². The van der Waals surface area contributed by atoms with Crippen molar-refractivity contribution in [3.05, 3.63) is 44.5 Å². The monoisotopic (exact) mass is 428 g/mol. The summed E-state index contributed by atoms with van der Waals surface area (Å²) < 4.78 is 0. The van der Waals surface area contributed by atoms with Crippen molar-refractivity contribution in [3.8, 4) is 24.3 Å². The van der Waals surface area contributed by atoms with E-state index in [1.165, 1.54) is 0 Å². The van der Waals surface area contributed by atoms with Crippen LogP contribution in [0.15, 0.2) is 19.6 Å². The lowest BCUT2D eigenvalue weighted by atomic mass is 9.94. The largest absolute Gasteiger partial charge is 0.192 e. The minimum absolute atomic E-state index is 0.468. The zero-order valence-corrected chi connectivity index (χ0v) is 19.1. The summed E-state index contributed by atoms with van der Waals surface area (Å²) in [5.41, 5.74) is 5.45. The molecular weight excluding hydrogens is 408 g/mol. The molecule has 0 atom stereocenters. The molecule has 0 spiro atoms. The second-order valence-corrected chi connectivity index (χ2v) is 8.84. The van der Waals surface area contributed by atoms with Crippen molar-refractivity contribution in [2.24, 2.45) is 0 Å². The summed E-state index contributed by atoms with van der Waals surface area (Å²) in [7, 11) is 0. The van der Waals surface area contributed by atoms with Gasteiger partial charge in [0.2, 0.25) is 0 Å². The normalized spacial score (nSPS) is 11.5. The van der Waals surface area contributed by atoms with E-state index >= 15 is 0 Å². The van der Waals surface area contributed by atoms with Crippen molar-refractivity contribution < 1.29 is 0 Å². The van der Waals surface area contributed by atoms with Crippen molar-refractivity contribution in [1.82, 2.24) is 0 Å². The van der Waals surface area contributed by atoms with Crippen LogP contribution in [-0.2, 0) is 25.7 Å². The minimum atomic E-state index is 0.468. The van der Waals surface area contributed by atoms with E-state index in [0.717, 1.165) is 41.8 Å². The van der Waals surface area contributed by atoms with Gasteiger partial charge in [0.15, 0.2) is 0 Å². The molecule has 3 rings (SSSR count). The second kappa shape index (κ2) is 8.85. The summed E-state index contributed by atoms with van der Waals surface area (Å²) in [6.07, 6.45) is 2.60. The van der Waals surface area contributed by atoms with E-state index in [4.69, 9.17) is 0 Å². The first-order valence-electron chi connectivity index (χ1n) is 9.95. The SMILES string of the molecule is CCc1c(C#N)c(C#N)c(CC)c2c1Sc1c(CC)c(C#N)c(C#N)c(CC)c1S2. The Hall–Kier alpha value is -2.90. The first-order chi connectivity index (χ1) is 14.6. The summed E-state index contributed by atoms with van der Waals surface area (Å²) in [5.74, 6) is 0. The first-order valence-corrected chi connectivity index (χ1v) is 11.6. The third-order valence-electron chi connectivity index (χ3n) is 5.49. The molecule has 0 amide bonds. The van der Waals surface area contributed by atoms with Gasteiger partial charge in [-0.15, -0.1) is 0 Å². The molecule has 0 bridgehead atoms. The van der Waals surface area contributed by atoms with E-state index in [9.17, 15) is 21.0 Å². The molecule has 0 N–H and O–H groups in total. The smallest absolute Gasteiger partial charge is 0.101 e. The fourth-order valence-electron chi connectivity index (χ4n) is 4.08. The van der Waals surface area contributed by atoms with Crippen LogP contribution < -0.4 is 0 Å². The van der Waals surface area contributed by atoms with Crippen LogP contribution in [0.25, 0.3) is 0 Å². The van der Waals surface area contributed by atoms with Crippen LogP contribution in [0.3, 0.4) is 0 Å². The highest BCUT2D eigenvalue weighted by atomic mass is 32.2. The Morgan fingerprint density at radius 2 is 0.667 bits per heavy atom. The number of benzene rings is 2. The maximum absolute atomic E-state index is 9.82. The molecular formula is C24H20N4S2. The van der Waals surface area contributed by atoms with E-state index in [2.05, 4.69) is 24.3 Å². The lowest BCUT2D eigenvalue weighted by Gasteiger charge is -2.29. The van der Waals surface area contributed by atoms with Crippen LogP contribution in [0.2, 0.25) is 0 Å². The Kier molecular flexibility index (Phi) is 6.43. The van der Waals surface area contributed by atoms with Crippen molar-refractivity contribution >= 4 is 23.5 Å². The van der Waals surface area contributed by atoms with Crippen molar-refractivity contribution in [2.45, 2.75) is 73.0 Å². The maximum Gasteiger partial charge on any atom is 0.101 e. The molecule has 4 nitrogen and oxygen atoms in total. The predicted molar refractivity (Wildman–Crippen MR) is 118 cm³/mol. The van der Waals surface area contributed by atoms with Gasteiger partial charge in [-0.25, -0.2) is 0 Å². The Balaban J connectivity index is 2.48. The number of rotatable bonds is 4. The summed E-state index contributed by atoms with van der Waals surface area (Å²) >= 11 is 3.20. The quantitative estimate of drug-likeness (QED) is 0.503. The third kappa shape index (κ3) is 3.05. The number of nitriles is 4. The van der Waals surface area contributed by atoms with Gasteiger partial charge in [-0.05, 0) is 47.9 Å². The van der Waals surface area contributed by atoms with Crippen LogP contribution in [0, 0.1) is 45.3 Å². The Morgan fingerprint density at radius 1 is 0.467 bits per heavy atom. The molecule has 0 aromatic heterocycles. The lowest BCUT2D eigenvalue weighted by molar-refractivity contribution is 0.919. The molecule has 1 aliphatic heterocycles. The fourth-order valence-corrected chi connectivity index (χ4v) is 7.33. The lowest BCUT2D eigenvalue weighted by Crippen LogP contribution is -2.10. The number of nitrogens with zero attached hydrogens (tertiary/aromatic N) is 4. The van der Waals surface area contributed by atoms with Gasteiger partial charge in [-0.2, -0.15) is 21.0 Å². The molecule has 0 radical (unpaired) electrons. The topological polar surface area (TPSA) is 95.2 Å². The summed E-state index contributed by atoms with van der Waals surface area (Å²) in [5, 5.41) is 39.3. The minimum Gasteiger partial charge on any atom is -0.192 e. The molecule has 1 aliphatic rings. The van der Waals surface area contributed by atoms with Crippen LogP contribution in [0.1, 0.15) is 72.2 Å². The molecule has 6 heteroatoms.